The summed E-state index contributed by atoms with van der Waals surface area (Å²) in [6.07, 6.45) is -0.305. The van der Waals surface area contributed by atoms with Gasteiger partial charge in [-0.1, -0.05) is 43.6 Å². The average molecular weight is 320 g/mol. The first-order chi connectivity index (χ1) is 10.4. The Balaban J connectivity index is 1.99. The number of amides is 1. The van der Waals surface area contributed by atoms with Crippen molar-refractivity contribution in [3.8, 4) is 0 Å². The third kappa shape index (κ3) is 2.74. The fourth-order valence-electron chi connectivity index (χ4n) is 2.66. The number of hydrogen-bond acceptors (Lipinski definition) is 3. The molecule has 3 N–H and O–H groups in total. The van der Waals surface area contributed by atoms with Crippen LogP contribution in [0.4, 0.5) is 0 Å². The minimum absolute atomic E-state index is 0.0694. The van der Waals surface area contributed by atoms with Gasteiger partial charge in [0.15, 0.2) is 0 Å². The summed E-state index contributed by atoms with van der Waals surface area (Å²) in [6.45, 7) is 4.75. The maximum Gasteiger partial charge on any atom is 0.271 e. The van der Waals surface area contributed by atoms with Crippen molar-refractivity contribution in [2.45, 2.75) is 26.4 Å². The number of nitrogens with zero attached hydrogens (tertiary/aromatic N) is 1. The van der Waals surface area contributed by atoms with Crippen LogP contribution in [-0.4, -0.2) is 27.5 Å². The van der Waals surface area contributed by atoms with Crippen LogP contribution in [0.25, 0.3) is 0 Å². The second-order valence-corrected chi connectivity index (χ2v) is 6.80. The number of benzene rings is 1. The summed E-state index contributed by atoms with van der Waals surface area (Å²) in [6, 6.07) is 7.05. The minimum Gasteiger partial charge on any atom is -0.380 e. The molecule has 1 amide bonds. The van der Waals surface area contributed by atoms with Crippen LogP contribution in [0.3, 0.4) is 0 Å². The van der Waals surface area contributed by atoms with E-state index in [1.54, 1.807) is 24.3 Å². The number of aliphatic hydroxyl groups is 1. The van der Waals surface area contributed by atoms with E-state index in [0.717, 1.165) is 5.69 Å². The van der Waals surface area contributed by atoms with Crippen molar-refractivity contribution in [2.24, 2.45) is 5.41 Å². The van der Waals surface area contributed by atoms with Crippen molar-refractivity contribution in [1.29, 1.82) is 0 Å². The molecule has 0 aliphatic carbocycles. The summed E-state index contributed by atoms with van der Waals surface area (Å²) in [5.41, 5.74) is 1.60. The van der Waals surface area contributed by atoms with E-state index >= 15 is 0 Å². The summed E-state index contributed by atoms with van der Waals surface area (Å²) in [5.74, 6) is 0.125. The number of carbonyl (C=O) groups is 1. The van der Waals surface area contributed by atoms with Crippen LogP contribution in [0.1, 0.15) is 47.5 Å². The summed E-state index contributed by atoms with van der Waals surface area (Å²) in [7, 11) is 0. The third-order valence-electron chi connectivity index (χ3n) is 3.85. The van der Waals surface area contributed by atoms with Gasteiger partial charge in [0.25, 0.3) is 5.91 Å². The lowest BCUT2D eigenvalue weighted by Gasteiger charge is -2.21. The van der Waals surface area contributed by atoms with Gasteiger partial charge in [0.05, 0.1) is 0 Å². The van der Waals surface area contributed by atoms with Crippen molar-refractivity contribution in [1.82, 2.24) is 15.3 Å². The molecule has 6 heteroatoms. The van der Waals surface area contributed by atoms with Gasteiger partial charge in [-0.15, -0.1) is 0 Å². The molecule has 0 saturated heterocycles. The highest BCUT2D eigenvalue weighted by atomic mass is 35.5. The van der Waals surface area contributed by atoms with Gasteiger partial charge < -0.3 is 15.4 Å². The molecule has 5 nitrogen and oxygen atoms in total. The van der Waals surface area contributed by atoms with Crippen molar-refractivity contribution in [3.63, 3.8) is 0 Å². The van der Waals surface area contributed by atoms with E-state index in [1.807, 2.05) is 0 Å². The summed E-state index contributed by atoms with van der Waals surface area (Å²) < 4.78 is 0. The molecule has 22 heavy (non-hydrogen) atoms. The van der Waals surface area contributed by atoms with Crippen LogP contribution in [0.5, 0.6) is 0 Å². The number of carbonyl (C=O) groups excluding carboxylic acids is 1. The highest BCUT2D eigenvalue weighted by Crippen LogP contribution is 2.30. The molecule has 2 aromatic rings. The topological polar surface area (TPSA) is 78.0 Å². The number of H-pyrrole nitrogens is 1. The molecule has 1 aliphatic rings. The van der Waals surface area contributed by atoms with Crippen LogP contribution < -0.4 is 5.32 Å². The maximum absolute atomic E-state index is 12.1. The molecule has 3 rings (SSSR count). The van der Waals surface area contributed by atoms with Crippen molar-refractivity contribution in [3.05, 3.63) is 52.1 Å². The Morgan fingerprint density at radius 3 is 2.82 bits per heavy atom. The van der Waals surface area contributed by atoms with Crippen LogP contribution >= 0.6 is 11.6 Å². The number of imidazole rings is 1. The zero-order valence-electron chi connectivity index (χ0n) is 12.5. The van der Waals surface area contributed by atoms with E-state index in [9.17, 15) is 9.90 Å². The molecule has 0 fully saturated rings. The standard InChI is InChI=1S/C16H18ClN3O2/c1-16(2)7-11-12(15(22)18-8-16)20-14(19-11)13(21)9-5-3-4-6-10(9)17/h3-6,13,21H,7-8H2,1-2H3,(H,18,22)(H,19,20). The SMILES string of the molecule is CC1(C)CNC(=O)c2nc(C(O)c3ccccc3Cl)[nH]c2C1. The second kappa shape index (κ2) is 5.41. The zero-order valence-corrected chi connectivity index (χ0v) is 13.2. The first kappa shape index (κ1) is 15.1. The number of fused-ring (bicyclic) bond motifs is 1. The molecular formula is C16H18ClN3O2. The largest absolute Gasteiger partial charge is 0.380 e. The number of aromatic nitrogens is 2. The minimum atomic E-state index is -0.989. The van der Waals surface area contributed by atoms with Crippen molar-refractivity contribution < 1.29 is 9.90 Å². The molecule has 1 aromatic heterocycles. The molecule has 2 heterocycles. The number of aliphatic hydroxyl groups excluding tert-OH is 1. The van der Waals surface area contributed by atoms with E-state index in [-0.39, 0.29) is 11.3 Å². The van der Waals surface area contributed by atoms with E-state index in [4.69, 9.17) is 11.6 Å². The average Bonchev–Trinajstić information content (AvgIpc) is 2.83. The summed E-state index contributed by atoms with van der Waals surface area (Å²) in [4.78, 5) is 19.5. The third-order valence-corrected chi connectivity index (χ3v) is 4.20. The van der Waals surface area contributed by atoms with Crippen LogP contribution in [0.2, 0.25) is 5.02 Å². The van der Waals surface area contributed by atoms with E-state index in [0.29, 0.717) is 35.1 Å². The molecule has 0 radical (unpaired) electrons. The van der Waals surface area contributed by atoms with E-state index in [1.165, 1.54) is 0 Å². The molecule has 1 unspecified atom stereocenters. The lowest BCUT2D eigenvalue weighted by molar-refractivity contribution is 0.0940. The normalized spacial score (nSPS) is 18.3. The summed E-state index contributed by atoms with van der Waals surface area (Å²) in [5, 5.41) is 13.8. The Bertz CT molecular complexity index is 724. The van der Waals surface area contributed by atoms with Crippen molar-refractivity contribution in [2.75, 3.05) is 6.54 Å². The fraction of sp³-hybridized carbons (Fsp3) is 0.375. The Morgan fingerprint density at radius 1 is 1.36 bits per heavy atom. The van der Waals surface area contributed by atoms with Gasteiger partial charge in [-0.3, -0.25) is 4.79 Å². The second-order valence-electron chi connectivity index (χ2n) is 6.40. The fourth-order valence-corrected chi connectivity index (χ4v) is 2.90. The Labute approximate surface area is 133 Å². The molecule has 116 valence electrons. The van der Waals surface area contributed by atoms with Crippen LogP contribution in [0.15, 0.2) is 24.3 Å². The van der Waals surface area contributed by atoms with Gasteiger partial charge in [-0.25, -0.2) is 4.98 Å². The number of rotatable bonds is 2. The molecule has 0 spiro atoms. The molecular weight excluding hydrogens is 302 g/mol. The van der Waals surface area contributed by atoms with E-state index in [2.05, 4.69) is 29.1 Å². The van der Waals surface area contributed by atoms with Gasteiger partial charge in [-0.2, -0.15) is 0 Å². The molecule has 1 atom stereocenters. The van der Waals surface area contributed by atoms with E-state index < -0.39 is 6.10 Å². The Kier molecular flexibility index (Phi) is 3.70. The van der Waals surface area contributed by atoms with Crippen molar-refractivity contribution >= 4 is 17.5 Å². The van der Waals surface area contributed by atoms with Gasteiger partial charge >= 0.3 is 0 Å². The highest BCUT2D eigenvalue weighted by Gasteiger charge is 2.31. The smallest absolute Gasteiger partial charge is 0.271 e. The highest BCUT2D eigenvalue weighted by molar-refractivity contribution is 6.31. The number of hydrogen-bond donors (Lipinski definition) is 3. The predicted octanol–water partition coefficient (Wildman–Crippen LogP) is 2.46. The van der Waals surface area contributed by atoms with Gasteiger partial charge in [-0.05, 0) is 17.9 Å². The number of aromatic amines is 1. The first-order valence-electron chi connectivity index (χ1n) is 7.17. The number of halogens is 1. The first-order valence-corrected chi connectivity index (χ1v) is 7.55. The molecule has 0 bridgehead atoms. The number of nitrogens with one attached hydrogen (secondary N) is 2. The van der Waals surface area contributed by atoms with Gasteiger partial charge in [0.2, 0.25) is 0 Å². The van der Waals surface area contributed by atoms with Crippen LogP contribution in [-0.2, 0) is 6.42 Å². The molecule has 0 saturated carbocycles. The zero-order chi connectivity index (χ0) is 15.9. The molecule has 1 aliphatic heterocycles. The van der Waals surface area contributed by atoms with Gasteiger partial charge in [0, 0.05) is 22.8 Å². The Hall–Kier alpha value is -1.85. The Morgan fingerprint density at radius 2 is 2.09 bits per heavy atom. The lowest BCUT2D eigenvalue weighted by Crippen LogP contribution is -2.32. The van der Waals surface area contributed by atoms with Gasteiger partial charge in [0.1, 0.15) is 17.6 Å². The monoisotopic (exact) mass is 319 g/mol. The maximum atomic E-state index is 12.1. The quantitative estimate of drug-likeness (QED) is 0.795. The molecule has 1 aromatic carbocycles. The lowest BCUT2D eigenvalue weighted by atomic mass is 9.88. The summed E-state index contributed by atoms with van der Waals surface area (Å²) >= 11 is 6.11. The van der Waals surface area contributed by atoms with Crippen LogP contribution in [0, 0.1) is 5.41 Å². The predicted molar refractivity (Wildman–Crippen MR) is 83.9 cm³/mol.